The molecule has 3 aromatic rings. The molecule has 1 atom stereocenters. The van der Waals surface area contributed by atoms with Gasteiger partial charge in [0.25, 0.3) is 0 Å². The Balaban J connectivity index is 1.44. The molecule has 4 rings (SSSR count). The first kappa shape index (κ1) is 18.8. The third-order valence-corrected chi connectivity index (χ3v) is 5.01. The van der Waals surface area contributed by atoms with Gasteiger partial charge < -0.3 is 9.32 Å². The highest BCUT2D eigenvalue weighted by Gasteiger charge is 2.35. The normalized spacial score (nSPS) is 16.1. The number of rotatable bonds is 7. The Morgan fingerprint density at radius 1 is 1.03 bits per heavy atom. The summed E-state index contributed by atoms with van der Waals surface area (Å²) in [4.78, 5) is 27.0. The van der Waals surface area contributed by atoms with Gasteiger partial charge in [-0.2, -0.15) is 0 Å². The SMILES string of the molecule is O=C(NN(Cc1ccccc1)c1ccccc1)C1CC(=O)N(Cc2ccco2)C1. The molecular formula is C23H23N3O3. The van der Waals surface area contributed by atoms with E-state index >= 15 is 0 Å². The Kier molecular flexibility index (Phi) is 5.61. The Hall–Kier alpha value is -3.54. The summed E-state index contributed by atoms with van der Waals surface area (Å²) in [7, 11) is 0. The van der Waals surface area contributed by atoms with E-state index in [-0.39, 0.29) is 24.2 Å². The second-order valence-corrected chi connectivity index (χ2v) is 7.14. The van der Waals surface area contributed by atoms with E-state index in [1.165, 1.54) is 0 Å². The lowest BCUT2D eigenvalue weighted by atomic mass is 10.1. The number of nitrogens with one attached hydrogen (secondary N) is 1. The summed E-state index contributed by atoms with van der Waals surface area (Å²) in [6.07, 6.45) is 1.79. The van der Waals surface area contributed by atoms with Crippen molar-refractivity contribution in [2.45, 2.75) is 19.5 Å². The van der Waals surface area contributed by atoms with Crippen molar-refractivity contribution in [2.75, 3.05) is 11.6 Å². The highest BCUT2D eigenvalue weighted by atomic mass is 16.3. The molecule has 1 saturated heterocycles. The van der Waals surface area contributed by atoms with Crippen LogP contribution in [0.2, 0.25) is 0 Å². The summed E-state index contributed by atoms with van der Waals surface area (Å²) < 4.78 is 5.33. The van der Waals surface area contributed by atoms with Crippen molar-refractivity contribution >= 4 is 17.5 Å². The largest absolute Gasteiger partial charge is 0.467 e. The van der Waals surface area contributed by atoms with Gasteiger partial charge in [-0.1, -0.05) is 48.5 Å². The van der Waals surface area contributed by atoms with Crippen LogP contribution < -0.4 is 10.4 Å². The number of para-hydroxylation sites is 1. The number of carbonyl (C=O) groups excluding carboxylic acids is 2. The van der Waals surface area contributed by atoms with Crippen molar-refractivity contribution in [1.29, 1.82) is 0 Å². The van der Waals surface area contributed by atoms with E-state index < -0.39 is 0 Å². The number of hydrogen-bond donors (Lipinski definition) is 1. The monoisotopic (exact) mass is 389 g/mol. The maximum Gasteiger partial charge on any atom is 0.243 e. The molecule has 0 spiro atoms. The van der Waals surface area contributed by atoms with Gasteiger partial charge in [-0.05, 0) is 29.8 Å². The highest BCUT2D eigenvalue weighted by molar-refractivity contribution is 5.89. The quantitative estimate of drug-likeness (QED) is 0.629. The van der Waals surface area contributed by atoms with Crippen molar-refractivity contribution in [3.8, 4) is 0 Å². The lowest BCUT2D eigenvalue weighted by Gasteiger charge is -2.27. The lowest BCUT2D eigenvalue weighted by molar-refractivity contribution is -0.129. The fraction of sp³-hybridized carbons (Fsp3) is 0.217. The van der Waals surface area contributed by atoms with Crippen LogP contribution in [0.3, 0.4) is 0 Å². The van der Waals surface area contributed by atoms with Gasteiger partial charge in [-0.3, -0.25) is 20.0 Å². The average molecular weight is 389 g/mol. The average Bonchev–Trinajstić information content (AvgIpc) is 3.39. The Morgan fingerprint density at radius 3 is 2.45 bits per heavy atom. The molecule has 6 heteroatoms. The standard InChI is InChI=1S/C23H23N3O3/c27-22-14-19(16-25(22)17-21-12-7-13-29-21)23(28)24-26(20-10-5-2-6-11-20)15-18-8-3-1-4-9-18/h1-13,19H,14-17H2,(H,24,28). The molecule has 2 heterocycles. The number of anilines is 1. The molecule has 29 heavy (non-hydrogen) atoms. The molecule has 148 valence electrons. The predicted molar refractivity (Wildman–Crippen MR) is 109 cm³/mol. The van der Waals surface area contributed by atoms with Gasteiger partial charge in [-0.15, -0.1) is 0 Å². The minimum atomic E-state index is -0.389. The molecule has 1 N–H and O–H groups in total. The van der Waals surface area contributed by atoms with Crippen molar-refractivity contribution in [3.63, 3.8) is 0 Å². The number of hydrazine groups is 1. The van der Waals surface area contributed by atoms with Crippen molar-refractivity contribution in [3.05, 3.63) is 90.4 Å². The Morgan fingerprint density at radius 2 is 1.76 bits per heavy atom. The van der Waals surface area contributed by atoms with Crippen molar-refractivity contribution in [1.82, 2.24) is 10.3 Å². The van der Waals surface area contributed by atoms with Crippen LogP contribution in [0, 0.1) is 5.92 Å². The van der Waals surface area contributed by atoms with Gasteiger partial charge in [0.05, 0.1) is 31.0 Å². The van der Waals surface area contributed by atoms with E-state index in [2.05, 4.69) is 5.43 Å². The van der Waals surface area contributed by atoms with Crippen LogP contribution in [0.15, 0.2) is 83.5 Å². The second kappa shape index (κ2) is 8.65. The van der Waals surface area contributed by atoms with E-state index in [1.807, 2.05) is 71.7 Å². The molecule has 2 aromatic carbocycles. The minimum absolute atomic E-state index is 0.0316. The minimum Gasteiger partial charge on any atom is -0.467 e. The van der Waals surface area contributed by atoms with Crippen molar-refractivity contribution < 1.29 is 14.0 Å². The number of nitrogens with zero attached hydrogens (tertiary/aromatic N) is 2. The molecular weight excluding hydrogens is 366 g/mol. The van der Waals surface area contributed by atoms with Crippen LogP contribution in [0.1, 0.15) is 17.7 Å². The van der Waals surface area contributed by atoms with Gasteiger partial charge in [0.15, 0.2) is 0 Å². The predicted octanol–water partition coefficient (Wildman–Crippen LogP) is 3.37. The Labute approximate surface area is 169 Å². The summed E-state index contributed by atoms with van der Waals surface area (Å²) >= 11 is 0. The smallest absolute Gasteiger partial charge is 0.243 e. The third-order valence-electron chi connectivity index (χ3n) is 5.01. The van der Waals surface area contributed by atoms with E-state index in [0.717, 1.165) is 17.0 Å². The fourth-order valence-corrected chi connectivity index (χ4v) is 3.48. The first-order valence-corrected chi connectivity index (χ1v) is 9.66. The number of furan rings is 1. The van der Waals surface area contributed by atoms with Crippen LogP contribution in [0.5, 0.6) is 0 Å². The summed E-state index contributed by atoms with van der Waals surface area (Å²) in [6, 6.07) is 23.3. The van der Waals surface area contributed by atoms with Crippen LogP contribution in [-0.4, -0.2) is 23.3 Å². The number of carbonyl (C=O) groups is 2. The molecule has 0 aliphatic carbocycles. The van der Waals surface area contributed by atoms with Crippen LogP contribution in [0.4, 0.5) is 5.69 Å². The lowest BCUT2D eigenvalue weighted by Crippen LogP contribution is -2.45. The molecule has 2 amide bonds. The van der Waals surface area contributed by atoms with E-state index in [4.69, 9.17) is 4.42 Å². The van der Waals surface area contributed by atoms with Crippen LogP contribution in [-0.2, 0) is 22.7 Å². The second-order valence-electron chi connectivity index (χ2n) is 7.14. The molecule has 1 fully saturated rings. The summed E-state index contributed by atoms with van der Waals surface area (Å²) in [5, 5.41) is 1.83. The van der Waals surface area contributed by atoms with Gasteiger partial charge >= 0.3 is 0 Å². The maximum atomic E-state index is 13.0. The van der Waals surface area contributed by atoms with Gasteiger partial charge in [0.1, 0.15) is 5.76 Å². The highest BCUT2D eigenvalue weighted by Crippen LogP contribution is 2.22. The molecule has 6 nitrogen and oxygen atoms in total. The number of likely N-dealkylation sites (tertiary alicyclic amines) is 1. The Bertz CT molecular complexity index is 942. The first-order chi connectivity index (χ1) is 14.2. The molecule has 0 radical (unpaired) electrons. The number of hydrogen-bond acceptors (Lipinski definition) is 4. The van der Waals surface area contributed by atoms with Crippen LogP contribution in [0.25, 0.3) is 0 Å². The zero-order valence-electron chi connectivity index (χ0n) is 16.0. The molecule has 0 bridgehead atoms. The first-order valence-electron chi connectivity index (χ1n) is 9.66. The number of benzene rings is 2. The van der Waals surface area contributed by atoms with Gasteiger partial charge in [0.2, 0.25) is 11.8 Å². The third kappa shape index (κ3) is 4.66. The van der Waals surface area contributed by atoms with E-state index in [0.29, 0.717) is 19.6 Å². The molecule has 1 aliphatic rings. The summed E-state index contributed by atoms with van der Waals surface area (Å²) in [5.74, 6) is 0.143. The molecule has 0 saturated carbocycles. The molecule has 1 aliphatic heterocycles. The van der Waals surface area contributed by atoms with E-state index in [1.54, 1.807) is 17.2 Å². The maximum absolute atomic E-state index is 13.0. The number of amides is 2. The topological polar surface area (TPSA) is 65.8 Å². The van der Waals surface area contributed by atoms with Crippen molar-refractivity contribution in [2.24, 2.45) is 5.92 Å². The van der Waals surface area contributed by atoms with E-state index in [9.17, 15) is 9.59 Å². The zero-order valence-corrected chi connectivity index (χ0v) is 16.0. The van der Waals surface area contributed by atoms with Gasteiger partial charge in [-0.25, -0.2) is 0 Å². The summed E-state index contributed by atoms with van der Waals surface area (Å²) in [5.41, 5.74) is 4.99. The fourth-order valence-electron chi connectivity index (χ4n) is 3.48. The molecule has 1 unspecified atom stereocenters. The zero-order chi connectivity index (χ0) is 20.1. The van der Waals surface area contributed by atoms with Crippen LogP contribution >= 0.6 is 0 Å². The van der Waals surface area contributed by atoms with Gasteiger partial charge in [0, 0.05) is 13.0 Å². The summed E-state index contributed by atoms with van der Waals surface area (Å²) in [6.45, 7) is 1.31. The molecule has 1 aromatic heterocycles.